The molecule has 2 aliphatic rings. The molecule has 4 aromatic carbocycles. The Kier molecular flexibility index (Phi) is 11.3. The Labute approximate surface area is 346 Å². The number of aliphatic hydroxyl groups excluding tert-OH is 8. The van der Waals surface area contributed by atoms with Crippen molar-refractivity contribution in [2.45, 2.75) is 61.4 Å². The van der Waals surface area contributed by atoms with Crippen molar-refractivity contribution in [2.75, 3.05) is 13.2 Å². The van der Waals surface area contributed by atoms with Crippen LogP contribution in [0.4, 0.5) is 0 Å². The highest BCUT2D eigenvalue weighted by Gasteiger charge is 2.46. The van der Waals surface area contributed by atoms with Crippen LogP contribution in [0.1, 0.15) is 0 Å². The summed E-state index contributed by atoms with van der Waals surface area (Å²) in [5.41, 5.74) is -2.10. The zero-order valence-electron chi connectivity index (χ0n) is 31.7. The lowest BCUT2D eigenvalue weighted by Gasteiger charge is -2.39. The fourth-order valence-electron chi connectivity index (χ4n) is 7.34. The number of rotatable bonds is 9. The second-order valence-electron chi connectivity index (χ2n) is 14.6. The van der Waals surface area contributed by atoms with E-state index in [-0.39, 0.29) is 67.2 Å². The molecule has 0 unspecified atom stereocenters. The number of benzene rings is 4. The fourth-order valence-corrected chi connectivity index (χ4v) is 7.34. The van der Waals surface area contributed by atoms with Crippen molar-refractivity contribution in [3.8, 4) is 68.3 Å². The first-order valence-electron chi connectivity index (χ1n) is 18.8. The van der Waals surface area contributed by atoms with Crippen LogP contribution < -0.4 is 20.3 Å². The number of aromatic hydroxyl groups is 4. The van der Waals surface area contributed by atoms with Gasteiger partial charge in [-0.1, -0.05) is 0 Å². The van der Waals surface area contributed by atoms with Crippen molar-refractivity contribution in [1.29, 1.82) is 0 Å². The molecular weight excluding hydrogens is 824 g/mol. The van der Waals surface area contributed by atoms with Crippen molar-refractivity contribution in [3.63, 3.8) is 0 Å². The van der Waals surface area contributed by atoms with Crippen LogP contribution in [0.5, 0.6) is 34.5 Å². The Morgan fingerprint density at radius 2 is 1.03 bits per heavy atom. The minimum absolute atomic E-state index is 0.0779. The number of aliphatic hydroxyl groups is 8. The van der Waals surface area contributed by atoms with Gasteiger partial charge in [0.15, 0.2) is 16.4 Å². The van der Waals surface area contributed by atoms with Crippen molar-refractivity contribution < 1.29 is 89.1 Å². The van der Waals surface area contributed by atoms with E-state index in [0.29, 0.717) is 0 Å². The molecule has 6 aromatic rings. The molecule has 2 aliphatic heterocycles. The second-order valence-corrected chi connectivity index (χ2v) is 14.6. The summed E-state index contributed by atoms with van der Waals surface area (Å²) in [4.78, 5) is 26.9. The first-order chi connectivity index (χ1) is 29.6. The minimum Gasteiger partial charge on any atom is -0.507 e. The summed E-state index contributed by atoms with van der Waals surface area (Å²) in [7, 11) is 0. The molecule has 0 amide bonds. The van der Waals surface area contributed by atoms with Gasteiger partial charge >= 0.3 is 0 Å². The van der Waals surface area contributed by atoms with Crippen LogP contribution in [0.2, 0.25) is 0 Å². The van der Waals surface area contributed by atoms with E-state index in [2.05, 4.69) is 0 Å². The van der Waals surface area contributed by atoms with E-state index in [1.54, 1.807) is 0 Å². The topological polar surface area (TPSA) is 340 Å². The van der Waals surface area contributed by atoms with Gasteiger partial charge in [-0.2, -0.15) is 0 Å². The van der Waals surface area contributed by atoms with Gasteiger partial charge in [-0.3, -0.25) is 9.59 Å². The smallest absolute Gasteiger partial charge is 0.229 e. The zero-order valence-corrected chi connectivity index (χ0v) is 31.7. The molecular formula is C42H38O20. The molecule has 20 heteroatoms. The Morgan fingerprint density at radius 3 is 1.63 bits per heavy atom. The molecule has 0 bridgehead atoms. The minimum atomic E-state index is -1.79. The molecule has 8 rings (SSSR count). The molecule has 20 nitrogen and oxygen atoms in total. The van der Waals surface area contributed by atoms with Crippen LogP contribution in [0, 0.1) is 0 Å². The largest absolute Gasteiger partial charge is 0.507 e. The predicted octanol–water partition coefficient (Wildman–Crippen LogP) is 0.0802. The third-order valence-electron chi connectivity index (χ3n) is 10.6. The standard InChI is InChI=1S/C42H38O20/c43-13-29-34(51)36(53)38(55)41(61-29)57-17-4-1-15(2-5-17)26-12-25(50)33-23(48)10-22(47)31(40(33)60-26)19-7-16(3-6-20(19)45)27-11-24(49)32-21(46)8-18(9-28(32)59-27)58-42-39(56)37(54)35(52)30(14-44)62-42/h1-12,29-30,34-39,41-48,51-56H,13-14H2/t29-,30-,34-,35-,36+,37+,38-,39-,41-,42-/m1/s1. The van der Waals surface area contributed by atoms with Gasteiger partial charge in [0.2, 0.25) is 12.6 Å². The first-order valence-corrected chi connectivity index (χ1v) is 18.8. The SMILES string of the molecule is O=c1cc(-c2ccc(O)c(-c3c(O)cc(O)c4c(=O)cc(-c5ccc(O[C@@H]6O[C@H](CO)[C@@H](O)[C@H](O)[C@H]6O)cc5)oc34)c2)oc2cc(O[C@@H]3O[C@H](CO)[C@@H](O)[C@H](O)[C@H]3O)cc(O)c12. The molecule has 2 saturated heterocycles. The zero-order chi connectivity index (χ0) is 44.3. The summed E-state index contributed by atoms with van der Waals surface area (Å²) in [6, 6.07) is 14.7. The fraction of sp³-hybridized carbons (Fsp3) is 0.286. The summed E-state index contributed by atoms with van der Waals surface area (Å²) in [5, 5.41) is 124. The van der Waals surface area contributed by atoms with Gasteiger partial charge in [-0.15, -0.1) is 0 Å². The average molecular weight is 863 g/mol. The van der Waals surface area contributed by atoms with E-state index in [0.717, 1.165) is 24.3 Å². The average Bonchev–Trinajstić information content (AvgIpc) is 3.24. The Balaban J connectivity index is 1.14. The summed E-state index contributed by atoms with van der Waals surface area (Å²) in [5.74, 6) is -2.66. The number of ether oxygens (including phenoxy) is 4. The van der Waals surface area contributed by atoms with Crippen LogP contribution in [-0.2, 0) is 9.47 Å². The number of phenols is 4. The highest BCUT2D eigenvalue weighted by molar-refractivity contribution is 6.01. The van der Waals surface area contributed by atoms with Crippen molar-refractivity contribution >= 4 is 21.9 Å². The molecule has 10 atom stereocenters. The summed E-state index contributed by atoms with van der Waals surface area (Å²) in [6.07, 6.45) is -15.8. The summed E-state index contributed by atoms with van der Waals surface area (Å²) < 4.78 is 34.1. The molecule has 2 aromatic heterocycles. The lowest BCUT2D eigenvalue weighted by atomic mass is 9.97. The second kappa shape index (κ2) is 16.5. The van der Waals surface area contributed by atoms with Crippen LogP contribution >= 0.6 is 0 Å². The number of hydrogen-bond acceptors (Lipinski definition) is 20. The molecule has 0 spiro atoms. The van der Waals surface area contributed by atoms with Gasteiger partial charge in [0.05, 0.1) is 18.8 Å². The molecule has 0 radical (unpaired) electrons. The van der Waals surface area contributed by atoms with E-state index < -0.39 is 108 Å². The van der Waals surface area contributed by atoms with Crippen molar-refractivity contribution in [1.82, 2.24) is 0 Å². The van der Waals surface area contributed by atoms with E-state index in [9.17, 15) is 70.9 Å². The normalized spacial score (nSPS) is 26.5. The highest BCUT2D eigenvalue weighted by Crippen LogP contribution is 2.46. The molecule has 326 valence electrons. The van der Waals surface area contributed by atoms with E-state index >= 15 is 0 Å². The van der Waals surface area contributed by atoms with Gasteiger partial charge < -0.3 is 89.1 Å². The number of fused-ring (bicyclic) bond motifs is 2. The van der Waals surface area contributed by atoms with Crippen LogP contribution in [0.3, 0.4) is 0 Å². The maximum absolute atomic E-state index is 13.5. The van der Waals surface area contributed by atoms with Crippen LogP contribution in [0.25, 0.3) is 55.7 Å². The maximum Gasteiger partial charge on any atom is 0.229 e. The molecule has 2 fully saturated rings. The van der Waals surface area contributed by atoms with Gasteiger partial charge in [0.25, 0.3) is 0 Å². The van der Waals surface area contributed by atoms with Gasteiger partial charge in [-0.25, -0.2) is 0 Å². The number of phenolic OH excluding ortho intramolecular Hbond substituents is 4. The third-order valence-corrected chi connectivity index (χ3v) is 10.6. The van der Waals surface area contributed by atoms with Crippen LogP contribution in [0.15, 0.2) is 91.2 Å². The van der Waals surface area contributed by atoms with E-state index in [4.69, 9.17) is 27.8 Å². The molecule has 12 N–H and O–H groups in total. The number of hydrogen-bond donors (Lipinski definition) is 12. The summed E-state index contributed by atoms with van der Waals surface area (Å²) in [6.45, 7) is -1.39. The predicted molar refractivity (Wildman–Crippen MR) is 210 cm³/mol. The lowest BCUT2D eigenvalue weighted by Crippen LogP contribution is -2.60. The molecule has 4 heterocycles. The molecule has 62 heavy (non-hydrogen) atoms. The molecule has 0 saturated carbocycles. The third kappa shape index (κ3) is 7.53. The molecule has 0 aliphatic carbocycles. The Bertz CT molecular complexity index is 2760. The Morgan fingerprint density at radius 1 is 0.500 bits per heavy atom. The first kappa shape index (κ1) is 42.4. The van der Waals surface area contributed by atoms with Crippen LogP contribution in [-0.4, -0.2) is 136 Å². The lowest BCUT2D eigenvalue weighted by molar-refractivity contribution is -0.277. The van der Waals surface area contributed by atoms with E-state index in [1.165, 1.54) is 48.5 Å². The Hall–Kier alpha value is -6.30. The monoisotopic (exact) mass is 862 g/mol. The summed E-state index contributed by atoms with van der Waals surface area (Å²) >= 11 is 0. The van der Waals surface area contributed by atoms with Gasteiger partial charge in [0, 0.05) is 47.0 Å². The highest BCUT2D eigenvalue weighted by atomic mass is 16.7. The van der Waals surface area contributed by atoms with Gasteiger partial charge in [0.1, 0.15) is 111 Å². The maximum atomic E-state index is 13.5. The quantitative estimate of drug-likeness (QED) is 0.0915. The van der Waals surface area contributed by atoms with Crippen molar-refractivity contribution in [3.05, 3.63) is 93.2 Å². The van der Waals surface area contributed by atoms with E-state index in [1.807, 2.05) is 0 Å². The van der Waals surface area contributed by atoms with Crippen molar-refractivity contribution in [2.24, 2.45) is 0 Å². The van der Waals surface area contributed by atoms with Gasteiger partial charge in [-0.05, 0) is 42.5 Å².